The first-order valence-corrected chi connectivity index (χ1v) is 6.44. The molecule has 0 aromatic heterocycles. The molecule has 1 heterocycles. The summed E-state index contributed by atoms with van der Waals surface area (Å²) in [5, 5.41) is 2.21. The van der Waals surface area contributed by atoms with Gasteiger partial charge in [-0.3, -0.25) is 10.9 Å². The number of nitrogens with two attached hydrogens (primary N) is 1. The molecular formula is C11H23N5. The Bertz CT molecular complexity index is 229. The Kier molecular flexibility index (Phi) is 4.42. The third-order valence-electron chi connectivity index (χ3n) is 3.39. The van der Waals surface area contributed by atoms with Crippen molar-refractivity contribution >= 4 is 5.96 Å². The molecule has 16 heavy (non-hydrogen) atoms. The number of hydrogen-bond acceptors (Lipinski definition) is 3. The fourth-order valence-corrected chi connectivity index (χ4v) is 2.47. The monoisotopic (exact) mass is 225 g/mol. The lowest BCUT2D eigenvalue weighted by Crippen LogP contribution is -2.52. The molecule has 1 aliphatic heterocycles. The first kappa shape index (κ1) is 11.7. The lowest BCUT2D eigenvalue weighted by atomic mass is 10.2. The van der Waals surface area contributed by atoms with Crippen molar-refractivity contribution in [3.63, 3.8) is 0 Å². The molecule has 0 bridgehead atoms. The molecule has 0 aromatic carbocycles. The molecule has 1 saturated heterocycles. The second-order valence-corrected chi connectivity index (χ2v) is 4.72. The second kappa shape index (κ2) is 6.06. The van der Waals surface area contributed by atoms with Gasteiger partial charge in [0.05, 0.1) is 6.04 Å². The van der Waals surface area contributed by atoms with Gasteiger partial charge < -0.3 is 0 Å². The summed E-state index contributed by atoms with van der Waals surface area (Å²) in [6, 6.07) is 0.461. The lowest BCUT2D eigenvalue weighted by Gasteiger charge is -2.28. The highest BCUT2D eigenvalue weighted by Crippen LogP contribution is 2.20. The molecule has 4 N–H and O–H groups in total. The average molecular weight is 225 g/mol. The summed E-state index contributed by atoms with van der Waals surface area (Å²) in [5.41, 5.74) is 5.95. The third-order valence-corrected chi connectivity index (χ3v) is 3.39. The summed E-state index contributed by atoms with van der Waals surface area (Å²) in [4.78, 5) is 4.62. The van der Waals surface area contributed by atoms with Crippen LogP contribution in [0.2, 0.25) is 0 Å². The van der Waals surface area contributed by atoms with E-state index >= 15 is 0 Å². The number of piperidine rings is 1. The number of hydrazine groups is 2. The van der Waals surface area contributed by atoms with Crippen LogP contribution in [0.5, 0.6) is 0 Å². The molecule has 2 rings (SSSR count). The summed E-state index contributed by atoms with van der Waals surface area (Å²) in [6.07, 6.45) is 8.86. The van der Waals surface area contributed by atoms with Crippen LogP contribution in [0.3, 0.4) is 0 Å². The van der Waals surface area contributed by atoms with Gasteiger partial charge in [0.2, 0.25) is 5.96 Å². The van der Waals surface area contributed by atoms with E-state index in [0.717, 1.165) is 19.0 Å². The Labute approximate surface area is 97.4 Å². The molecule has 0 amide bonds. The van der Waals surface area contributed by atoms with Gasteiger partial charge in [0.1, 0.15) is 0 Å². The highest BCUT2D eigenvalue weighted by atomic mass is 15.6. The maximum Gasteiger partial charge on any atom is 0.220 e. The van der Waals surface area contributed by atoms with E-state index in [-0.39, 0.29) is 0 Å². The van der Waals surface area contributed by atoms with Crippen molar-refractivity contribution in [2.45, 2.75) is 51.0 Å². The zero-order valence-electron chi connectivity index (χ0n) is 9.91. The van der Waals surface area contributed by atoms with Gasteiger partial charge in [-0.2, -0.15) is 0 Å². The molecular weight excluding hydrogens is 202 g/mol. The van der Waals surface area contributed by atoms with E-state index in [1.165, 1.54) is 44.9 Å². The molecule has 0 radical (unpaired) electrons. The van der Waals surface area contributed by atoms with E-state index in [4.69, 9.17) is 5.84 Å². The second-order valence-electron chi connectivity index (χ2n) is 4.72. The molecule has 2 fully saturated rings. The summed E-state index contributed by atoms with van der Waals surface area (Å²) in [7, 11) is 0. The number of aliphatic imine (C=N–C) groups is 1. The summed E-state index contributed by atoms with van der Waals surface area (Å²) < 4.78 is 0. The number of hydrogen-bond donors (Lipinski definition) is 3. The lowest BCUT2D eigenvalue weighted by molar-refractivity contribution is 0.191. The molecule has 2 aliphatic rings. The normalized spacial score (nSPS) is 24.7. The zero-order valence-corrected chi connectivity index (χ0v) is 9.91. The van der Waals surface area contributed by atoms with Gasteiger partial charge in [-0.25, -0.2) is 15.8 Å². The van der Waals surface area contributed by atoms with Crippen LogP contribution in [-0.2, 0) is 0 Å². The average Bonchev–Trinajstić information content (AvgIpc) is 2.82. The number of nitrogens with zero attached hydrogens (tertiary/aromatic N) is 2. The van der Waals surface area contributed by atoms with E-state index in [0.29, 0.717) is 6.04 Å². The molecule has 0 spiro atoms. The fourth-order valence-electron chi connectivity index (χ4n) is 2.47. The maximum atomic E-state index is 5.50. The van der Waals surface area contributed by atoms with Gasteiger partial charge in [0.15, 0.2) is 0 Å². The summed E-state index contributed by atoms with van der Waals surface area (Å²) in [6.45, 7) is 2.18. The zero-order chi connectivity index (χ0) is 11.2. The smallest absolute Gasteiger partial charge is 0.220 e. The minimum Gasteiger partial charge on any atom is -0.293 e. The molecule has 1 saturated carbocycles. The van der Waals surface area contributed by atoms with E-state index in [1.807, 2.05) is 0 Å². The molecule has 1 aliphatic carbocycles. The number of rotatable bonds is 2. The van der Waals surface area contributed by atoms with E-state index < -0.39 is 0 Å². The van der Waals surface area contributed by atoms with Crippen LogP contribution in [0.1, 0.15) is 44.9 Å². The Hall–Kier alpha value is -0.810. The van der Waals surface area contributed by atoms with Crippen LogP contribution < -0.4 is 16.7 Å². The fraction of sp³-hybridized carbons (Fsp3) is 0.909. The topological polar surface area (TPSA) is 65.7 Å². The molecule has 5 heteroatoms. The molecule has 0 aromatic rings. The van der Waals surface area contributed by atoms with Crippen molar-refractivity contribution in [1.29, 1.82) is 0 Å². The van der Waals surface area contributed by atoms with Crippen molar-refractivity contribution in [3.8, 4) is 0 Å². The van der Waals surface area contributed by atoms with Crippen molar-refractivity contribution in [2.24, 2.45) is 10.8 Å². The minimum atomic E-state index is 0.461. The van der Waals surface area contributed by atoms with Gasteiger partial charge in [-0.05, 0) is 25.7 Å². The SMILES string of the molecule is NNC(=NC1CCCC1)NN1CCCCC1. The van der Waals surface area contributed by atoms with Crippen LogP contribution in [0.15, 0.2) is 4.99 Å². The van der Waals surface area contributed by atoms with Crippen LogP contribution in [0.25, 0.3) is 0 Å². The van der Waals surface area contributed by atoms with E-state index in [9.17, 15) is 0 Å². The van der Waals surface area contributed by atoms with Crippen molar-refractivity contribution in [2.75, 3.05) is 13.1 Å². The Morgan fingerprint density at radius 1 is 1.06 bits per heavy atom. The number of guanidine groups is 1. The first-order valence-electron chi connectivity index (χ1n) is 6.44. The Balaban J connectivity index is 1.83. The maximum absolute atomic E-state index is 5.50. The Morgan fingerprint density at radius 3 is 2.38 bits per heavy atom. The summed E-state index contributed by atoms with van der Waals surface area (Å²) >= 11 is 0. The minimum absolute atomic E-state index is 0.461. The highest BCUT2D eigenvalue weighted by Gasteiger charge is 2.16. The van der Waals surface area contributed by atoms with Gasteiger partial charge in [0.25, 0.3) is 0 Å². The highest BCUT2D eigenvalue weighted by molar-refractivity contribution is 5.78. The largest absolute Gasteiger partial charge is 0.293 e. The molecule has 0 atom stereocenters. The summed E-state index contributed by atoms with van der Waals surface area (Å²) in [5.74, 6) is 6.23. The Morgan fingerprint density at radius 2 is 1.75 bits per heavy atom. The van der Waals surface area contributed by atoms with E-state index in [1.54, 1.807) is 0 Å². The van der Waals surface area contributed by atoms with Gasteiger partial charge >= 0.3 is 0 Å². The first-order chi connectivity index (χ1) is 7.88. The quantitative estimate of drug-likeness (QED) is 0.281. The van der Waals surface area contributed by atoms with Crippen LogP contribution in [0.4, 0.5) is 0 Å². The van der Waals surface area contributed by atoms with Crippen molar-refractivity contribution in [1.82, 2.24) is 15.9 Å². The van der Waals surface area contributed by atoms with Gasteiger partial charge in [0, 0.05) is 13.1 Å². The predicted molar refractivity (Wildman–Crippen MR) is 65.6 cm³/mol. The van der Waals surface area contributed by atoms with Crippen molar-refractivity contribution < 1.29 is 0 Å². The molecule has 92 valence electrons. The predicted octanol–water partition coefficient (Wildman–Crippen LogP) is 0.739. The van der Waals surface area contributed by atoms with Gasteiger partial charge in [-0.15, -0.1) is 0 Å². The standard InChI is InChI=1S/C11H23N5/c12-14-11(13-10-6-2-3-7-10)15-16-8-4-1-5-9-16/h10H,1-9,12H2,(H2,13,14,15). The van der Waals surface area contributed by atoms with Gasteiger partial charge in [-0.1, -0.05) is 19.3 Å². The van der Waals surface area contributed by atoms with Crippen LogP contribution in [0, 0.1) is 0 Å². The molecule has 5 nitrogen and oxygen atoms in total. The van der Waals surface area contributed by atoms with Crippen molar-refractivity contribution in [3.05, 3.63) is 0 Å². The van der Waals surface area contributed by atoms with Crippen LogP contribution >= 0.6 is 0 Å². The molecule has 0 unspecified atom stereocenters. The van der Waals surface area contributed by atoms with E-state index in [2.05, 4.69) is 20.9 Å². The van der Waals surface area contributed by atoms with Crippen LogP contribution in [-0.4, -0.2) is 30.1 Å². The third kappa shape index (κ3) is 3.35. The number of nitrogens with one attached hydrogen (secondary N) is 2.